The number of alkyl halides is 6. The van der Waals surface area contributed by atoms with Crippen molar-refractivity contribution in [1.82, 2.24) is 39.9 Å². The van der Waals surface area contributed by atoms with E-state index in [-0.39, 0.29) is 108 Å². The molecule has 0 aliphatic rings. The minimum absolute atomic E-state index is 0. The van der Waals surface area contributed by atoms with Crippen LogP contribution in [-0.4, -0.2) is 140 Å². The number of nitrogen functional groups attached to an aromatic ring is 1. The third-order valence-corrected chi connectivity index (χ3v) is 12.8. The Bertz CT molecular complexity index is 4710. The first-order chi connectivity index (χ1) is 51.7. The Morgan fingerprint density at radius 2 is 0.791 bits per heavy atom. The Balaban J connectivity index is 0.000000326. The number of ketones is 1. The zero-order chi connectivity index (χ0) is 80.1. The molecule has 110 heavy (non-hydrogen) atoms. The molecule has 2 amide bonds. The van der Waals surface area contributed by atoms with Gasteiger partial charge < -0.3 is 78.5 Å². The highest BCUT2D eigenvalue weighted by atomic mass is 35.5. The number of carbonyl (C=O) groups excluding carboxylic acids is 7. The number of ether oxygens (including phenoxy) is 12. The van der Waals surface area contributed by atoms with Crippen molar-refractivity contribution in [2.24, 2.45) is 0 Å². The molecule has 0 unspecified atom stereocenters. The smallest absolute Gasteiger partial charge is 0.450 e. The van der Waals surface area contributed by atoms with Crippen LogP contribution < -0.4 is 59.6 Å². The summed E-state index contributed by atoms with van der Waals surface area (Å²) in [6.07, 6.45) is -0.443. The first-order valence-corrected chi connectivity index (χ1v) is 31.3. The van der Waals surface area contributed by atoms with Crippen molar-refractivity contribution >= 4 is 111 Å². The van der Waals surface area contributed by atoms with Crippen LogP contribution >= 0.6 is 46.4 Å². The summed E-state index contributed by atoms with van der Waals surface area (Å²) in [5, 5.41) is 3.78. The van der Waals surface area contributed by atoms with Crippen LogP contribution in [-0.2, 0) is 52.5 Å². The maximum absolute atomic E-state index is 14.8. The summed E-state index contributed by atoms with van der Waals surface area (Å²) >= 11 is 23.8. The predicted octanol–water partition coefficient (Wildman–Crippen LogP) is 13.1. The number of allylic oxidation sites excluding steroid dienone is 1. The maximum atomic E-state index is 14.8. The summed E-state index contributed by atoms with van der Waals surface area (Å²) in [5.74, 6) is -19.2. The lowest BCUT2D eigenvalue weighted by Crippen LogP contribution is -2.28. The number of rotatable bonds is 30. The molecule has 0 saturated heterocycles. The molecule has 8 aromatic rings. The van der Waals surface area contributed by atoms with Crippen LogP contribution in [0.5, 0.6) is 70.0 Å². The molecule has 0 saturated carbocycles. The normalized spacial score (nSPS) is 10.8. The molecule has 584 valence electrons. The van der Waals surface area contributed by atoms with Gasteiger partial charge in [-0.3, -0.25) is 14.4 Å². The van der Waals surface area contributed by atoms with Gasteiger partial charge in [-0.05, 0) is 69.3 Å². The van der Waals surface area contributed by atoms with Crippen molar-refractivity contribution in [3.8, 4) is 82.6 Å². The van der Waals surface area contributed by atoms with Crippen LogP contribution in [0, 0.1) is 35.8 Å². The van der Waals surface area contributed by atoms with Gasteiger partial charge in [0.1, 0.15) is 31.9 Å². The van der Waals surface area contributed by atoms with E-state index in [1.807, 2.05) is 5.32 Å². The van der Waals surface area contributed by atoms with E-state index >= 15 is 0 Å². The van der Waals surface area contributed by atoms with Gasteiger partial charge in [0.15, 0.2) is 96.0 Å². The molecule has 0 spiro atoms. The topological polar surface area (TPSA) is 395 Å². The number of hydrogen-bond donors (Lipinski definition) is 4. The van der Waals surface area contributed by atoms with Crippen LogP contribution in [0.25, 0.3) is 0 Å². The number of nitrogens with one attached hydrogen (secondary N) is 3. The van der Waals surface area contributed by atoms with E-state index < -0.39 is 154 Å². The van der Waals surface area contributed by atoms with Gasteiger partial charge in [-0.2, -0.15) is 46.3 Å². The second-order valence-electron chi connectivity index (χ2n) is 19.6. The molecule has 0 aliphatic heterocycles. The van der Waals surface area contributed by atoms with Crippen molar-refractivity contribution < 1.29 is 134 Å². The summed E-state index contributed by atoms with van der Waals surface area (Å²) in [7, 11) is 0. The number of aromatic nitrogens is 8. The number of nitrogens with two attached hydrogens (primary N) is 1. The molecule has 8 rings (SSSR count). The molecule has 0 atom stereocenters. The average molecular weight is 1640 g/mol. The lowest BCUT2D eigenvalue weighted by Gasteiger charge is -2.16. The van der Waals surface area contributed by atoms with Gasteiger partial charge >= 0.3 is 36.2 Å². The molecule has 0 fully saturated rings. The number of pyridine rings is 8. The lowest BCUT2D eigenvalue weighted by molar-refractivity contribution is -0.171. The number of amides is 2. The third kappa shape index (κ3) is 27.7. The van der Waals surface area contributed by atoms with Gasteiger partial charge in [-0.15, -0.1) is 0 Å². The van der Waals surface area contributed by atoms with Gasteiger partial charge in [0.05, 0.1) is 26.2 Å². The molecular weight excluding hydrogens is 1580 g/mol. The predicted molar refractivity (Wildman–Crippen MR) is 363 cm³/mol. The van der Waals surface area contributed by atoms with Crippen LogP contribution in [0.4, 0.5) is 67.2 Å². The molecule has 31 nitrogen and oxygen atoms in total. The standard InChI is InChI=1S/C32H21Cl2F5N6O9.C18H14ClF4N3O6.C14H13ClFN3O4.CH4/c1-3-49-24(47)14-51-30-20(7-5-9-40-30)53-28-16(33)11-18(35)26(44-28)42-22(32(37,38)39)13-23(46)43-27-19(36)12-17(34)29(45-27)54-21-8-6-10-41-31(21)52-15-25(48)50-4-2;1-2-30-14(29)8-31-17-11(4-3-5-24-17)32-16-9(19)6-10(20)15(26-16)25-13(28)7-12(27)18(21,22)23;1-2-21-11(20)7-22-14-10(4-3-5-18-14)23-13-8(15)6-9(16)12(17)19-13;/h1,5-13H,4,14-15H2,2H3,(H,42,44)(H,43,45,46);3-6H,2,7-8H2,1H3,(H,25,26,28);3-6H,2,7H2,1H3,(H2,17,19);1H4/b22-13+;;;. The van der Waals surface area contributed by atoms with Gasteiger partial charge in [-0.1, -0.05) is 60.3 Å². The monoisotopic (exact) mass is 1630 g/mol. The van der Waals surface area contributed by atoms with Gasteiger partial charge in [0.2, 0.25) is 35.2 Å². The highest BCUT2D eigenvalue weighted by Crippen LogP contribution is 2.40. The number of hydrogen-bond acceptors (Lipinski definition) is 29. The first kappa shape index (κ1) is 88.1. The van der Waals surface area contributed by atoms with E-state index in [1.165, 1.54) is 67.3 Å². The molecule has 5 N–H and O–H groups in total. The zero-order valence-corrected chi connectivity index (χ0v) is 58.3. The number of anilines is 4. The van der Waals surface area contributed by atoms with E-state index in [0.29, 0.717) is 18.2 Å². The van der Waals surface area contributed by atoms with Gasteiger partial charge in [0, 0.05) is 55.1 Å². The number of halogens is 14. The SMILES string of the molecule is C.C#COC(=O)COc1ncccc1Oc1nc(N/C(=C/C(=O)Nc2nc(Oc3cccnc3OCC(=O)OCC)c(Cl)cc2F)C(F)(F)F)c(F)cc1Cl.CCOC(=O)COc1ncccc1Oc1nc(N)c(F)cc1Cl.CCOC(=O)COc1ncccc1Oc1nc(NC(=O)CC(=O)C(F)(F)F)c(F)cc1Cl. The lowest BCUT2D eigenvalue weighted by atomic mass is 10.2. The first-order valence-electron chi connectivity index (χ1n) is 29.8. The van der Waals surface area contributed by atoms with Crippen molar-refractivity contribution in [1.29, 1.82) is 0 Å². The van der Waals surface area contributed by atoms with Crippen molar-refractivity contribution in [2.45, 2.75) is 47.0 Å². The number of nitrogens with zero attached hydrogens (tertiary/aromatic N) is 8. The Kier molecular flexibility index (Phi) is 33.7. The Hall–Kier alpha value is -12.6. The number of terminal acetylenes is 1. The average Bonchev–Trinajstić information content (AvgIpc) is 0.827. The Morgan fingerprint density at radius 1 is 0.473 bits per heavy atom. The molecule has 8 heterocycles. The molecule has 8 aromatic heterocycles. The summed E-state index contributed by atoms with van der Waals surface area (Å²) in [6, 6.07) is 14.0. The van der Waals surface area contributed by atoms with Crippen molar-refractivity contribution in [2.75, 3.05) is 67.9 Å². The Labute approximate surface area is 632 Å². The molecule has 0 aliphatic carbocycles. The molecule has 0 aromatic carbocycles. The fraction of sp³-hybridized carbons (Fsp3) is 0.215. The minimum atomic E-state index is -5.36. The quantitative estimate of drug-likeness (QED) is 0.00811. The summed E-state index contributed by atoms with van der Waals surface area (Å²) in [5.41, 5.74) is 3.49. The van der Waals surface area contributed by atoms with E-state index in [9.17, 15) is 77.5 Å². The fourth-order valence-electron chi connectivity index (χ4n) is 7.26. The third-order valence-electron chi connectivity index (χ3n) is 11.8. The van der Waals surface area contributed by atoms with E-state index in [0.717, 1.165) is 6.07 Å². The van der Waals surface area contributed by atoms with E-state index in [4.69, 9.17) is 111 Å². The molecular formula is C65H52Cl4F10N12O19. The molecule has 0 bridgehead atoms. The summed E-state index contributed by atoms with van der Waals surface area (Å²) < 4.78 is 197. The van der Waals surface area contributed by atoms with Crippen LogP contribution in [0.3, 0.4) is 0 Å². The maximum Gasteiger partial charge on any atom is 0.450 e. The fourth-order valence-corrected chi connectivity index (χ4v) is 7.97. The van der Waals surface area contributed by atoms with E-state index in [2.05, 4.69) is 44.6 Å². The largest absolute Gasteiger partial charge is 0.463 e. The summed E-state index contributed by atoms with van der Waals surface area (Å²) in [6.45, 7) is 3.19. The molecule has 0 radical (unpaired) electrons. The number of esters is 4. The molecule has 45 heteroatoms. The van der Waals surface area contributed by atoms with Crippen LogP contribution in [0.2, 0.25) is 20.1 Å². The van der Waals surface area contributed by atoms with Gasteiger partial charge in [0.25, 0.3) is 29.4 Å². The highest BCUT2D eigenvalue weighted by Gasteiger charge is 2.40. The second-order valence-corrected chi connectivity index (χ2v) is 21.2. The minimum Gasteiger partial charge on any atom is -0.463 e. The summed E-state index contributed by atoms with van der Waals surface area (Å²) in [4.78, 5) is 112. The number of carbonyl (C=O) groups is 7. The van der Waals surface area contributed by atoms with Crippen LogP contribution in [0.1, 0.15) is 34.6 Å². The highest BCUT2D eigenvalue weighted by molar-refractivity contribution is 6.33. The zero-order valence-electron chi connectivity index (χ0n) is 55.3. The van der Waals surface area contributed by atoms with Crippen molar-refractivity contribution in [3.05, 3.63) is 153 Å². The van der Waals surface area contributed by atoms with Crippen molar-refractivity contribution in [3.63, 3.8) is 0 Å². The van der Waals surface area contributed by atoms with Gasteiger partial charge in [-0.25, -0.2) is 56.7 Å². The Morgan fingerprint density at radius 3 is 1.12 bits per heavy atom. The second kappa shape index (κ2) is 42.1. The number of Topliss-reactive ketones (excluding diaryl/α,β-unsaturated/α-hetero) is 1. The van der Waals surface area contributed by atoms with E-state index in [1.54, 1.807) is 43.6 Å². The van der Waals surface area contributed by atoms with Crippen LogP contribution in [0.15, 0.2) is 109 Å².